The smallest absolute Gasteiger partial charge is 0.294 e. The number of rotatable bonds is 4. The van der Waals surface area contributed by atoms with Gasteiger partial charge in [-0.1, -0.05) is 5.16 Å². The summed E-state index contributed by atoms with van der Waals surface area (Å²) in [5.74, 6) is -0.245. The van der Waals surface area contributed by atoms with Crippen molar-refractivity contribution >= 4 is 11.6 Å². The van der Waals surface area contributed by atoms with Gasteiger partial charge in [0.2, 0.25) is 5.76 Å². The third-order valence-electron chi connectivity index (χ3n) is 3.06. The number of alkyl halides is 2. The Hall–Kier alpha value is -2.25. The minimum Gasteiger partial charge on any atom is -0.351 e. The number of carbonyl (C=O) groups excluding carboxylic acids is 1. The van der Waals surface area contributed by atoms with Crippen LogP contribution in [-0.2, 0) is 7.05 Å². The molecule has 1 aliphatic rings. The van der Waals surface area contributed by atoms with Gasteiger partial charge in [0.25, 0.3) is 12.3 Å². The third kappa shape index (κ3) is 2.40. The van der Waals surface area contributed by atoms with Crippen molar-refractivity contribution in [2.75, 3.05) is 5.32 Å². The molecule has 2 aromatic heterocycles. The second-order valence-corrected chi connectivity index (χ2v) is 4.75. The summed E-state index contributed by atoms with van der Waals surface area (Å²) < 4.78 is 31.6. The molecular weight excluding hydrogens is 270 g/mol. The van der Waals surface area contributed by atoms with Gasteiger partial charge in [-0.25, -0.2) is 8.78 Å². The quantitative estimate of drug-likeness (QED) is 0.935. The van der Waals surface area contributed by atoms with E-state index >= 15 is 0 Å². The van der Waals surface area contributed by atoms with Gasteiger partial charge in [0, 0.05) is 25.2 Å². The van der Waals surface area contributed by atoms with Gasteiger partial charge in [-0.05, 0) is 12.8 Å². The minimum atomic E-state index is -2.76. The molecule has 106 valence electrons. The maximum atomic E-state index is 12.7. The molecule has 1 aliphatic carbocycles. The van der Waals surface area contributed by atoms with Gasteiger partial charge in [0.05, 0.1) is 11.4 Å². The van der Waals surface area contributed by atoms with Gasteiger partial charge in [0.1, 0.15) is 0 Å². The second-order valence-electron chi connectivity index (χ2n) is 4.75. The van der Waals surface area contributed by atoms with Gasteiger partial charge >= 0.3 is 0 Å². The number of halogens is 2. The molecule has 6 nitrogen and oxygen atoms in total. The SMILES string of the molecule is Cn1cc(NC(=O)c2cc(C3CC3)no2)c(C(F)F)n1. The Bertz CT molecular complexity index is 646. The summed E-state index contributed by atoms with van der Waals surface area (Å²) in [6, 6.07) is 1.55. The fourth-order valence-corrected chi connectivity index (χ4v) is 1.91. The molecular formula is C12H12F2N4O2. The van der Waals surface area contributed by atoms with E-state index in [2.05, 4.69) is 15.6 Å². The lowest BCUT2D eigenvalue weighted by molar-refractivity contribution is 0.0987. The van der Waals surface area contributed by atoms with Crippen molar-refractivity contribution in [1.29, 1.82) is 0 Å². The van der Waals surface area contributed by atoms with Crippen LogP contribution in [0, 0.1) is 0 Å². The Balaban J connectivity index is 1.77. The zero-order valence-electron chi connectivity index (χ0n) is 10.6. The first-order valence-corrected chi connectivity index (χ1v) is 6.14. The highest BCUT2D eigenvalue weighted by atomic mass is 19.3. The van der Waals surface area contributed by atoms with Crippen LogP contribution in [0.4, 0.5) is 14.5 Å². The van der Waals surface area contributed by atoms with Gasteiger partial charge < -0.3 is 9.84 Å². The Morgan fingerprint density at radius 1 is 1.55 bits per heavy atom. The summed E-state index contributed by atoms with van der Waals surface area (Å²) in [6.45, 7) is 0. The van der Waals surface area contributed by atoms with E-state index in [0.29, 0.717) is 5.92 Å². The summed E-state index contributed by atoms with van der Waals surface area (Å²) in [5, 5.41) is 9.77. The summed E-state index contributed by atoms with van der Waals surface area (Å²) >= 11 is 0. The van der Waals surface area contributed by atoms with Crippen LogP contribution in [-0.4, -0.2) is 20.8 Å². The molecule has 0 unspecified atom stereocenters. The van der Waals surface area contributed by atoms with Crippen LogP contribution < -0.4 is 5.32 Å². The molecule has 2 heterocycles. The molecule has 2 aromatic rings. The lowest BCUT2D eigenvalue weighted by Crippen LogP contribution is -2.11. The predicted molar refractivity (Wildman–Crippen MR) is 64.6 cm³/mol. The third-order valence-corrected chi connectivity index (χ3v) is 3.06. The number of amides is 1. The van der Waals surface area contributed by atoms with Crippen molar-refractivity contribution in [3.8, 4) is 0 Å². The Labute approximate surface area is 112 Å². The number of carbonyl (C=O) groups is 1. The largest absolute Gasteiger partial charge is 0.351 e. The number of nitrogens with one attached hydrogen (secondary N) is 1. The fraction of sp³-hybridized carbons (Fsp3) is 0.417. The van der Waals surface area contributed by atoms with Crippen molar-refractivity contribution in [3.63, 3.8) is 0 Å². The molecule has 0 atom stereocenters. The molecule has 1 fully saturated rings. The van der Waals surface area contributed by atoms with Crippen LogP contribution in [0.5, 0.6) is 0 Å². The van der Waals surface area contributed by atoms with Crippen molar-refractivity contribution in [2.24, 2.45) is 7.05 Å². The topological polar surface area (TPSA) is 73.0 Å². The van der Waals surface area contributed by atoms with Crippen LogP contribution in [0.25, 0.3) is 0 Å². The highest BCUT2D eigenvalue weighted by Crippen LogP contribution is 2.39. The van der Waals surface area contributed by atoms with Crippen molar-refractivity contribution in [3.05, 3.63) is 29.4 Å². The average molecular weight is 282 g/mol. The molecule has 0 aromatic carbocycles. The average Bonchev–Trinajstić information content (AvgIpc) is 2.99. The first-order chi connectivity index (χ1) is 9.54. The van der Waals surface area contributed by atoms with Crippen molar-refractivity contribution < 1.29 is 18.1 Å². The van der Waals surface area contributed by atoms with E-state index < -0.39 is 18.0 Å². The van der Waals surface area contributed by atoms with Crippen LogP contribution in [0.2, 0.25) is 0 Å². The lowest BCUT2D eigenvalue weighted by atomic mass is 10.2. The highest BCUT2D eigenvalue weighted by molar-refractivity contribution is 6.02. The van der Waals surface area contributed by atoms with E-state index in [1.807, 2.05) is 0 Å². The van der Waals surface area contributed by atoms with E-state index in [-0.39, 0.29) is 11.4 Å². The molecule has 0 saturated heterocycles. The van der Waals surface area contributed by atoms with E-state index in [1.54, 1.807) is 6.07 Å². The molecule has 1 N–H and O–H groups in total. The highest BCUT2D eigenvalue weighted by Gasteiger charge is 2.28. The molecule has 0 bridgehead atoms. The molecule has 1 saturated carbocycles. The summed E-state index contributed by atoms with van der Waals surface area (Å²) in [5.41, 5.74) is 0.232. The van der Waals surface area contributed by atoms with E-state index in [4.69, 9.17) is 4.52 Å². The molecule has 3 rings (SSSR count). The number of aryl methyl sites for hydroxylation is 1. The Morgan fingerprint density at radius 2 is 2.30 bits per heavy atom. The van der Waals surface area contributed by atoms with Gasteiger partial charge in [-0.2, -0.15) is 5.10 Å². The fourth-order valence-electron chi connectivity index (χ4n) is 1.91. The number of nitrogens with zero attached hydrogens (tertiary/aromatic N) is 3. The zero-order valence-corrected chi connectivity index (χ0v) is 10.6. The number of hydrogen-bond donors (Lipinski definition) is 1. The summed E-state index contributed by atoms with van der Waals surface area (Å²) in [6.07, 6.45) is 0.623. The monoisotopic (exact) mass is 282 g/mol. The molecule has 1 amide bonds. The normalized spacial score (nSPS) is 14.8. The van der Waals surface area contributed by atoms with Crippen LogP contribution in [0.15, 0.2) is 16.8 Å². The minimum absolute atomic E-state index is 0.0102. The van der Waals surface area contributed by atoms with Gasteiger partial charge in [0.15, 0.2) is 5.69 Å². The second kappa shape index (κ2) is 4.69. The zero-order chi connectivity index (χ0) is 14.3. The van der Waals surface area contributed by atoms with E-state index in [0.717, 1.165) is 18.5 Å². The van der Waals surface area contributed by atoms with Crippen LogP contribution in [0.1, 0.15) is 47.1 Å². The maximum absolute atomic E-state index is 12.7. The van der Waals surface area contributed by atoms with E-state index in [9.17, 15) is 13.6 Å². The van der Waals surface area contributed by atoms with E-state index in [1.165, 1.54) is 17.9 Å². The summed E-state index contributed by atoms with van der Waals surface area (Å²) in [7, 11) is 1.50. The Morgan fingerprint density at radius 3 is 2.95 bits per heavy atom. The molecule has 0 spiro atoms. The molecule has 0 radical (unpaired) electrons. The van der Waals surface area contributed by atoms with Crippen LogP contribution >= 0.6 is 0 Å². The molecule has 20 heavy (non-hydrogen) atoms. The first kappa shape index (κ1) is 12.8. The van der Waals surface area contributed by atoms with Crippen LogP contribution in [0.3, 0.4) is 0 Å². The number of anilines is 1. The Kier molecular flexibility index (Phi) is 3.00. The standard InChI is InChI=1S/C12H12F2N4O2/c1-18-5-8(10(16-18)11(13)14)15-12(19)9-4-7(17-20-9)6-2-3-6/h4-6,11H,2-3H2,1H3,(H,15,19). The number of hydrogen-bond acceptors (Lipinski definition) is 4. The first-order valence-electron chi connectivity index (χ1n) is 6.14. The number of aromatic nitrogens is 3. The predicted octanol–water partition coefficient (Wildman–Crippen LogP) is 2.48. The molecule has 0 aliphatic heterocycles. The lowest BCUT2D eigenvalue weighted by Gasteiger charge is -2.01. The van der Waals surface area contributed by atoms with Crippen molar-refractivity contribution in [1.82, 2.24) is 14.9 Å². The molecule has 8 heteroatoms. The van der Waals surface area contributed by atoms with Gasteiger partial charge in [-0.15, -0.1) is 0 Å². The van der Waals surface area contributed by atoms with Gasteiger partial charge in [-0.3, -0.25) is 9.48 Å². The maximum Gasteiger partial charge on any atom is 0.294 e. The summed E-state index contributed by atoms with van der Waals surface area (Å²) in [4.78, 5) is 11.9. The van der Waals surface area contributed by atoms with Crippen molar-refractivity contribution in [2.45, 2.75) is 25.2 Å².